The summed E-state index contributed by atoms with van der Waals surface area (Å²) in [5.74, 6) is 2.37. The summed E-state index contributed by atoms with van der Waals surface area (Å²) in [5.41, 5.74) is 0.835. The lowest BCUT2D eigenvalue weighted by Crippen LogP contribution is -2.33. The Kier molecular flexibility index (Phi) is 5.05. The molecule has 4 nitrogen and oxygen atoms in total. The van der Waals surface area contributed by atoms with Crippen LogP contribution < -0.4 is 4.74 Å². The molecule has 106 valence electrons. The maximum atomic E-state index is 12.6. The Labute approximate surface area is 122 Å². The number of sulfonamides is 1. The lowest BCUT2D eigenvalue weighted by Gasteiger charge is -2.19. The third-order valence-electron chi connectivity index (χ3n) is 2.94. The lowest BCUT2D eigenvalue weighted by atomic mass is 10.2. The van der Waals surface area contributed by atoms with Crippen molar-refractivity contribution in [2.75, 3.05) is 31.7 Å². The summed E-state index contributed by atoms with van der Waals surface area (Å²) in [5, 5.41) is 0. The van der Waals surface area contributed by atoms with Crippen LogP contribution >= 0.6 is 21.6 Å². The monoisotopic (exact) mass is 319 g/mol. The summed E-state index contributed by atoms with van der Waals surface area (Å²) in [6.45, 7) is 3.00. The number of ether oxygens (including phenoxy) is 1. The highest BCUT2D eigenvalue weighted by Gasteiger charge is 2.25. The highest BCUT2D eigenvalue weighted by atomic mass is 33.1. The molecule has 1 aliphatic heterocycles. The Morgan fingerprint density at radius 1 is 1.21 bits per heavy atom. The Balaban J connectivity index is 2.30. The van der Waals surface area contributed by atoms with E-state index in [2.05, 4.69) is 0 Å². The van der Waals surface area contributed by atoms with Gasteiger partial charge < -0.3 is 4.74 Å². The van der Waals surface area contributed by atoms with E-state index in [0.717, 1.165) is 17.1 Å². The summed E-state index contributed by atoms with van der Waals surface area (Å²) in [7, 11) is 1.66. The number of benzene rings is 1. The molecule has 0 radical (unpaired) electrons. The van der Waals surface area contributed by atoms with Crippen LogP contribution in [0.4, 0.5) is 0 Å². The fraction of sp³-hybridized carbons (Fsp3) is 0.500. The van der Waals surface area contributed by atoms with E-state index in [1.165, 1.54) is 0 Å². The van der Waals surface area contributed by atoms with Gasteiger partial charge in [0.05, 0.1) is 12.0 Å². The molecule has 0 saturated carbocycles. The smallest absolute Gasteiger partial charge is 0.243 e. The van der Waals surface area contributed by atoms with Crippen LogP contribution in [0.15, 0.2) is 23.1 Å². The lowest BCUT2D eigenvalue weighted by molar-refractivity contribution is 0.411. The highest BCUT2D eigenvalue weighted by molar-refractivity contribution is 8.76. The van der Waals surface area contributed by atoms with Gasteiger partial charge in [-0.2, -0.15) is 4.31 Å². The van der Waals surface area contributed by atoms with E-state index in [4.69, 9.17) is 4.74 Å². The van der Waals surface area contributed by atoms with Crippen molar-refractivity contribution >= 4 is 31.6 Å². The highest BCUT2D eigenvalue weighted by Crippen LogP contribution is 2.28. The standard InChI is InChI=1S/C12H17NO3S3/c1-10-9-11(3-4-12(10)16-2)19(14,15)13-5-7-17-18-8-6-13/h3-4,9H,5-8H2,1-2H3. The van der Waals surface area contributed by atoms with Crippen molar-refractivity contribution in [2.24, 2.45) is 0 Å². The largest absolute Gasteiger partial charge is 0.496 e. The van der Waals surface area contributed by atoms with E-state index in [1.807, 2.05) is 6.92 Å². The molecule has 0 spiro atoms. The van der Waals surface area contributed by atoms with Crippen LogP contribution in [-0.4, -0.2) is 44.4 Å². The SMILES string of the molecule is COc1ccc(S(=O)(=O)N2CCSSCC2)cc1C. The van der Waals surface area contributed by atoms with Crippen LogP contribution in [0.25, 0.3) is 0 Å². The average molecular weight is 319 g/mol. The molecule has 7 heteroatoms. The molecule has 0 aromatic heterocycles. The minimum Gasteiger partial charge on any atom is -0.496 e. The topological polar surface area (TPSA) is 46.6 Å². The Bertz CT molecular complexity index is 537. The zero-order chi connectivity index (χ0) is 13.9. The summed E-state index contributed by atoms with van der Waals surface area (Å²) in [6, 6.07) is 5.01. The summed E-state index contributed by atoms with van der Waals surface area (Å²) in [4.78, 5) is 0.350. The molecule has 1 fully saturated rings. The van der Waals surface area contributed by atoms with E-state index in [9.17, 15) is 8.42 Å². The second-order valence-electron chi connectivity index (χ2n) is 4.18. The predicted molar refractivity (Wildman–Crippen MR) is 81.4 cm³/mol. The first-order valence-corrected chi connectivity index (χ1v) is 9.88. The van der Waals surface area contributed by atoms with Gasteiger partial charge in [-0.25, -0.2) is 8.42 Å². The van der Waals surface area contributed by atoms with Crippen molar-refractivity contribution in [2.45, 2.75) is 11.8 Å². The van der Waals surface area contributed by atoms with Gasteiger partial charge in [-0.05, 0) is 30.7 Å². The molecule has 2 rings (SSSR count). The third kappa shape index (κ3) is 3.39. The van der Waals surface area contributed by atoms with Gasteiger partial charge in [0, 0.05) is 24.6 Å². The van der Waals surface area contributed by atoms with Gasteiger partial charge >= 0.3 is 0 Å². The maximum Gasteiger partial charge on any atom is 0.243 e. The molecule has 1 aromatic carbocycles. The first-order valence-electron chi connectivity index (χ1n) is 5.95. The fourth-order valence-electron chi connectivity index (χ4n) is 1.91. The number of hydrogen-bond donors (Lipinski definition) is 0. The van der Waals surface area contributed by atoms with Crippen molar-refractivity contribution in [3.8, 4) is 5.75 Å². The van der Waals surface area contributed by atoms with E-state index in [1.54, 1.807) is 51.2 Å². The predicted octanol–water partition coefficient (Wildman–Crippen LogP) is 2.39. The van der Waals surface area contributed by atoms with Gasteiger partial charge in [-0.3, -0.25) is 0 Å². The summed E-state index contributed by atoms with van der Waals surface area (Å²) in [6.07, 6.45) is 0. The Morgan fingerprint density at radius 3 is 2.37 bits per heavy atom. The minimum absolute atomic E-state index is 0.350. The fourth-order valence-corrected chi connectivity index (χ4v) is 5.65. The number of rotatable bonds is 3. The zero-order valence-electron chi connectivity index (χ0n) is 11.0. The molecule has 19 heavy (non-hydrogen) atoms. The average Bonchev–Trinajstić information content (AvgIpc) is 2.67. The van der Waals surface area contributed by atoms with E-state index < -0.39 is 10.0 Å². The molecule has 1 aliphatic rings. The second kappa shape index (κ2) is 6.39. The van der Waals surface area contributed by atoms with Crippen molar-refractivity contribution in [3.05, 3.63) is 23.8 Å². The van der Waals surface area contributed by atoms with E-state index in [0.29, 0.717) is 23.7 Å². The molecule has 0 aliphatic carbocycles. The number of nitrogens with zero attached hydrogens (tertiary/aromatic N) is 1. The van der Waals surface area contributed by atoms with Crippen LogP contribution in [0, 0.1) is 6.92 Å². The van der Waals surface area contributed by atoms with Gasteiger partial charge in [0.2, 0.25) is 10.0 Å². The van der Waals surface area contributed by atoms with E-state index >= 15 is 0 Å². The Hall–Kier alpha value is -0.370. The first-order chi connectivity index (χ1) is 9.05. The van der Waals surface area contributed by atoms with Crippen molar-refractivity contribution in [1.29, 1.82) is 0 Å². The number of aryl methyl sites for hydroxylation is 1. The van der Waals surface area contributed by atoms with Gasteiger partial charge in [-0.15, -0.1) is 0 Å². The Morgan fingerprint density at radius 2 is 1.84 bits per heavy atom. The quantitative estimate of drug-likeness (QED) is 0.801. The van der Waals surface area contributed by atoms with Crippen LogP contribution in [-0.2, 0) is 10.0 Å². The molecular weight excluding hydrogens is 302 g/mol. The molecule has 0 atom stereocenters. The molecule has 1 aromatic rings. The minimum atomic E-state index is -3.38. The molecule has 0 unspecified atom stereocenters. The second-order valence-corrected chi connectivity index (χ2v) is 8.82. The molecular formula is C12H17NO3S3. The van der Waals surface area contributed by atoms with Crippen LogP contribution in [0.5, 0.6) is 5.75 Å². The number of hydrogen-bond acceptors (Lipinski definition) is 5. The van der Waals surface area contributed by atoms with Crippen molar-refractivity contribution < 1.29 is 13.2 Å². The van der Waals surface area contributed by atoms with E-state index in [-0.39, 0.29) is 0 Å². The number of methoxy groups -OCH3 is 1. The van der Waals surface area contributed by atoms with Crippen LogP contribution in [0.2, 0.25) is 0 Å². The van der Waals surface area contributed by atoms with Crippen LogP contribution in [0.3, 0.4) is 0 Å². The normalized spacial score (nSPS) is 18.0. The van der Waals surface area contributed by atoms with Crippen LogP contribution in [0.1, 0.15) is 5.56 Å². The van der Waals surface area contributed by atoms with Gasteiger partial charge in [0.1, 0.15) is 5.75 Å². The summed E-state index contributed by atoms with van der Waals surface area (Å²) < 4.78 is 31.9. The zero-order valence-corrected chi connectivity index (χ0v) is 13.4. The molecule has 0 bridgehead atoms. The van der Waals surface area contributed by atoms with Crippen molar-refractivity contribution in [1.82, 2.24) is 4.31 Å². The summed E-state index contributed by atoms with van der Waals surface area (Å²) >= 11 is 0. The molecule has 1 heterocycles. The molecule has 0 amide bonds. The first kappa shape index (κ1) is 15.0. The van der Waals surface area contributed by atoms with Gasteiger partial charge in [0.15, 0.2) is 0 Å². The molecule has 0 N–H and O–H groups in total. The van der Waals surface area contributed by atoms with Gasteiger partial charge in [0.25, 0.3) is 0 Å². The third-order valence-corrected chi connectivity index (χ3v) is 7.20. The van der Waals surface area contributed by atoms with Gasteiger partial charge in [-0.1, -0.05) is 21.6 Å². The molecule has 1 saturated heterocycles. The maximum absolute atomic E-state index is 12.6. The van der Waals surface area contributed by atoms with Crippen molar-refractivity contribution in [3.63, 3.8) is 0 Å².